The normalized spacial score (nSPS) is 18.0. The van der Waals surface area contributed by atoms with Crippen molar-refractivity contribution in [1.29, 1.82) is 0 Å². The molecule has 2 atom stereocenters. The molecule has 31 heavy (non-hydrogen) atoms. The van der Waals surface area contributed by atoms with Gasteiger partial charge in [-0.3, -0.25) is 4.79 Å². The molecule has 0 bridgehead atoms. The number of carbonyl (C=O) groups is 1. The first-order chi connectivity index (χ1) is 14.6. The number of halogens is 4. The molecule has 2 unspecified atom stereocenters. The average molecular weight is 435 g/mol. The molecule has 0 fully saturated rings. The zero-order valence-corrected chi connectivity index (χ0v) is 16.9. The average Bonchev–Trinajstić information content (AvgIpc) is 3.25. The van der Waals surface area contributed by atoms with Crippen molar-refractivity contribution in [2.24, 2.45) is 0 Å². The van der Waals surface area contributed by atoms with Gasteiger partial charge < -0.3 is 20.4 Å². The van der Waals surface area contributed by atoms with Gasteiger partial charge in [0.25, 0.3) is 5.91 Å². The second-order valence-electron chi connectivity index (χ2n) is 7.72. The number of alkyl halides is 3. The highest BCUT2D eigenvalue weighted by atomic mass is 19.4. The molecule has 1 aromatic heterocycles. The number of fused-ring (bicyclic) bond motifs is 2. The zero-order valence-electron chi connectivity index (χ0n) is 16.9. The molecule has 0 spiro atoms. The Hall–Kier alpha value is -3.23. The van der Waals surface area contributed by atoms with E-state index in [1.54, 1.807) is 6.07 Å². The van der Waals surface area contributed by atoms with Gasteiger partial charge in [0.05, 0.1) is 5.69 Å². The van der Waals surface area contributed by atoms with E-state index in [-0.39, 0.29) is 35.1 Å². The van der Waals surface area contributed by atoms with E-state index in [1.807, 2.05) is 13.8 Å². The molecular weight excluding hydrogens is 414 g/mol. The van der Waals surface area contributed by atoms with Crippen LogP contribution in [0.5, 0.6) is 5.75 Å². The van der Waals surface area contributed by atoms with Crippen molar-refractivity contribution in [2.75, 3.05) is 11.9 Å². The highest BCUT2D eigenvalue weighted by Gasteiger charge is 2.32. The molecule has 164 valence electrons. The smallest absolute Gasteiger partial charge is 0.406 e. The van der Waals surface area contributed by atoms with Crippen molar-refractivity contribution in [1.82, 2.24) is 10.3 Å². The molecule has 3 aromatic rings. The second kappa shape index (κ2) is 7.79. The van der Waals surface area contributed by atoms with E-state index < -0.39 is 6.36 Å². The Morgan fingerprint density at radius 3 is 2.71 bits per heavy atom. The van der Waals surface area contributed by atoms with Gasteiger partial charge in [-0.05, 0) is 61.7 Å². The van der Waals surface area contributed by atoms with E-state index >= 15 is 0 Å². The molecule has 4 rings (SSSR count). The largest absolute Gasteiger partial charge is 0.573 e. The second-order valence-corrected chi connectivity index (χ2v) is 7.72. The lowest BCUT2D eigenvalue weighted by Gasteiger charge is -2.17. The summed E-state index contributed by atoms with van der Waals surface area (Å²) in [5.74, 6) is -0.957. The molecule has 5 nitrogen and oxygen atoms in total. The molecule has 0 saturated carbocycles. The van der Waals surface area contributed by atoms with Crippen molar-refractivity contribution in [3.8, 4) is 5.75 Å². The van der Waals surface area contributed by atoms with Crippen molar-refractivity contribution < 1.29 is 27.1 Å². The Bertz CT molecular complexity index is 1140. The summed E-state index contributed by atoms with van der Waals surface area (Å²) in [6, 6.07) is 8.52. The highest BCUT2D eigenvalue weighted by molar-refractivity contribution is 5.98. The fourth-order valence-electron chi connectivity index (χ4n) is 4.16. The monoisotopic (exact) mass is 435 g/mol. The molecule has 0 aliphatic carbocycles. The van der Waals surface area contributed by atoms with Crippen LogP contribution in [0.15, 0.2) is 36.4 Å². The molecule has 0 radical (unpaired) electrons. The lowest BCUT2D eigenvalue weighted by Crippen LogP contribution is -2.27. The number of ether oxygens (including phenoxy) is 1. The molecule has 0 saturated heterocycles. The number of aryl methyl sites for hydroxylation is 1. The predicted molar refractivity (Wildman–Crippen MR) is 109 cm³/mol. The molecule has 3 N–H and O–H groups in total. The maximum atomic E-state index is 14.1. The van der Waals surface area contributed by atoms with E-state index in [4.69, 9.17) is 0 Å². The van der Waals surface area contributed by atoms with Crippen LogP contribution in [0, 0.1) is 12.7 Å². The number of amides is 1. The van der Waals surface area contributed by atoms with Gasteiger partial charge in [-0.1, -0.05) is 6.07 Å². The van der Waals surface area contributed by atoms with Crippen LogP contribution in [0.25, 0.3) is 10.9 Å². The minimum atomic E-state index is -4.78. The first kappa shape index (κ1) is 21.0. The lowest BCUT2D eigenvalue weighted by molar-refractivity contribution is -0.274. The number of rotatable bonds is 5. The Morgan fingerprint density at radius 1 is 1.19 bits per heavy atom. The predicted octanol–water partition coefficient (Wildman–Crippen LogP) is 5.23. The van der Waals surface area contributed by atoms with Crippen molar-refractivity contribution >= 4 is 22.5 Å². The van der Waals surface area contributed by atoms with Crippen LogP contribution < -0.4 is 15.4 Å². The fraction of sp³-hybridized carbons (Fsp3) is 0.318. The quantitative estimate of drug-likeness (QED) is 0.481. The van der Waals surface area contributed by atoms with Crippen molar-refractivity contribution in [3.63, 3.8) is 0 Å². The third-order valence-electron chi connectivity index (χ3n) is 5.57. The third kappa shape index (κ3) is 4.30. The number of carbonyl (C=O) groups excluding carboxylic acids is 1. The maximum absolute atomic E-state index is 14.1. The number of hydrogen-bond acceptors (Lipinski definition) is 3. The van der Waals surface area contributed by atoms with E-state index in [9.17, 15) is 22.4 Å². The zero-order chi connectivity index (χ0) is 22.3. The third-order valence-corrected chi connectivity index (χ3v) is 5.57. The highest BCUT2D eigenvalue weighted by Crippen LogP contribution is 2.41. The molecule has 1 amide bonds. The summed E-state index contributed by atoms with van der Waals surface area (Å²) in [5, 5.41) is 6.43. The summed E-state index contributed by atoms with van der Waals surface area (Å²) >= 11 is 0. The first-order valence-corrected chi connectivity index (χ1v) is 9.84. The van der Waals surface area contributed by atoms with Crippen molar-refractivity contribution in [3.05, 3.63) is 59.0 Å². The van der Waals surface area contributed by atoms with E-state index in [2.05, 4.69) is 20.4 Å². The van der Waals surface area contributed by atoms with Gasteiger partial charge in [-0.2, -0.15) is 0 Å². The lowest BCUT2D eigenvalue weighted by atomic mass is 9.89. The van der Waals surface area contributed by atoms with Gasteiger partial charge in [0.1, 0.15) is 17.3 Å². The Morgan fingerprint density at radius 2 is 1.97 bits per heavy atom. The minimum absolute atomic E-state index is 0.0302. The number of aromatic nitrogens is 1. The molecule has 1 aliphatic rings. The van der Waals surface area contributed by atoms with Crippen LogP contribution >= 0.6 is 0 Å². The number of benzene rings is 2. The number of nitrogens with one attached hydrogen (secondary N) is 3. The van der Waals surface area contributed by atoms with Gasteiger partial charge in [-0.25, -0.2) is 4.39 Å². The summed E-state index contributed by atoms with van der Waals surface area (Å²) in [5.41, 5.74) is 3.21. The molecule has 2 heterocycles. The fourth-order valence-corrected chi connectivity index (χ4v) is 4.16. The minimum Gasteiger partial charge on any atom is -0.406 e. The Labute approximate surface area is 175 Å². The van der Waals surface area contributed by atoms with Crippen LogP contribution in [-0.2, 0) is 0 Å². The molecule has 1 aliphatic heterocycles. The first-order valence-electron chi connectivity index (χ1n) is 9.84. The molecular formula is C22H21F4N3O2. The van der Waals surface area contributed by atoms with Gasteiger partial charge in [0.2, 0.25) is 0 Å². The van der Waals surface area contributed by atoms with E-state index in [1.165, 1.54) is 30.3 Å². The summed E-state index contributed by atoms with van der Waals surface area (Å²) in [6.45, 7) is 4.27. The van der Waals surface area contributed by atoms with Crippen molar-refractivity contribution in [2.45, 2.75) is 38.6 Å². The Balaban J connectivity index is 1.42. The molecule has 2 aromatic carbocycles. The summed E-state index contributed by atoms with van der Waals surface area (Å²) in [6.07, 6.45) is -4.17. The van der Waals surface area contributed by atoms with Crippen LogP contribution in [-0.4, -0.2) is 29.8 Å². The Kier molecular flexibility index (Phi) is 5.28. The van der Waals surface area contributed by atoms with Crippen LogP contribution in [0.3, 0.4) is 0 Å². The van der Waals surface area contributed by atoms with Crippen LogP contribution in [0.4, 0.5) is 23.2 Å². The number of anilines is 1. The number of aromatic amines is 1. The van der Waals surface area contributed by atoms with E-state index in [0.29, 0.717) is 29.6 Å². The standard InChI is InChI=1S/C22H21F4N3O2/c1-11-3-5-16(23)20-19(11)15(12(2)28-20)7-8-27-21(30)18-10-13-9-14(31-22(24,25)26)4-6-17(13)29-18/h3-6,9-10,12,15,28-29H,7-8H2,1-2H3,(H,27,30). The SMILES string of the molecule is Cc1ccc(F)c2c1C(CCNC(=O)c1cc3cc(OC(F)(F)F)ccc3[nH]1)C(C)N2. The van der Waals surface area contributed by atoms with Crippen LogP contribution in [0.2, 0.25) is 0 Å². The topological polar surface area (TPSA) is 66.1 Å². The van der Waals surface area contributed by atoms with Gasteiger partial charge in [0.15, 0.2) is 0 Å². The molecule has 9 heteroatoms. The van der Waals surface area contributed by atoms with Gasteiger partial charge in [-0.15, -0.1) is 13.2 Å². The summed E-state index contributed by atoms with van der Waals surface area (Å²) in [7, 11) is 0. The number of H-pyrrole nitrogens is 1. The summed E-state index contributed by atoms with van der Waals surface area (Å²) in [4.78, 5) is 15.4. The summed E-state index contributed by atoms with van der Waals surface area (Å²) < 4.78 is 55.2. The maximum Gasteiger partial charge on any atom is 0.573 e. The van der Waals surface area contributed by atoms with Gasteiger partial charge in [0, 0.05) is 29.4 Å². The van der Waals surface area contributed by atoms with Gasteiger partial charge >= 0.3 is 6.36 Å². The van der Waals surface area contributed by atoms with Crippen LogP contribution in [0.1, 0.15) is 40.9 Å². The van der Waals surface area contributed by atoms with E-state index in [0.717, 1.165) is 11.1 Å². The number of hydrogen-bond donors (Lipinski definition) is 3.